The van der Waals surface area contributed by atoms with Crippen molar-refractivity contribution in [3.63, 3.8) is 0 Å². The highest BCUT2D eigenvalue weighted by molar-refractivity contribution is 5.68. The van der Waals surface area contributed by atoms with E-state index >= 15 is 0 Å². The van der Waals surface area contributed by atoms with Crippen molar-refractivity contribution < 1.29 is 13.7 Å². The molecular weight excluding hydrogens is 451 g/mol. The number of methoxy groups -OCH3 is 1. The monoisotopic (exact) mass is 470 g/mol. The molecule has 0 unspecified atom stereocenters. The maximum Gasteiger partial charge on any atom is 0.328 e. The van der Waals surface area contributed by atoms with E-state index in [0.29, 0.717) is 11.7 Å². The van der Waals surface area contributed by atoms with Crippen molar-refractivity contribution in [2.75, 3.05) is 7.11 Å². The third kappa shape index (κ3) is 4.65. The van der Waals surface area contributed by atoms with Gasteiger partial charge in [-0.05, 0) is 41.0 Å². The predicted molar refractivity (Wildman–Crippen MR) is 128 cm³/mol. The summed E-state index contributed by atoms with van der Waals surface area (Å²) in [6.45, 7) is 0.102. The second-order valence-corrected chi connectivity index (χ2v) is 7.79. The molecule has 0 bridgehead atoms. The third-order valence-corrected chi connectivity index (χ3v) is 5.51. The van der Waals surface area contributed by atoms with Crippen LogP contribution in [0.1, 0.15) is 5.56 Å². The normalized spacial score (nSPS) is 10.9. The minimum absolute atomic E-state index is 0.102. The first-order chi connectivity index (χ1) is 17.0. The Kier molecular flexibility index (Phi) is 5.80. The second-order valence-electron chi connectivity index (χ2n) is 7.79. The van der Waals surface area contributed by atoms with Gasteiger partial charge in [0, 0.05) is 11.1 Å². The molecule has 0 spiro atoms. The molecule has 0 fully saturated rings. The second kappa shape index (κ2) is 9.22. The average Bonchev–Trinajstić information content (AvgIpc) is 3.38. The summed E-state index contributed by atoms with van der Waals surface area (Å²) in [5.74, 6) is 0.590. The zero-order valence-corrected chi connectivity index (χ0v) is 18.6. The number of ether oxygens (including phenoxy) is 1. The molecule has 0 aliphatic rings. The molecule has 2 heterocycles. The molecule has 0 saturated carbocycles. The number of aromatic nitrogens is 4. The van der Waals surface area contributed by atoms with Gasteiger partial charge in [0.1, 0.15) is 5.75 Å². The van der Waals surface area contributed by atoms with Gasteiger partial charge in [-0.3, -0.25) is 14.3 Å². The van der Waals surface area contributed by atoms with E-state index in [1.807, 2.05) is 53.5 Å². The van der Waals surface area contributed by atoms with Crippen molar-refractivity contribution in [3.05, 3.63) is 111 Å². The number of hydrogen-bond acceptors (Lipinski definition) is 6. The molecule has 9 heteroatoms. The summed E-state index contributed by atoms with van der Waals surface area (Å²) < 4.78 is 25.2. The standard InChI is InChI=1S/C26H19FN4O4/c1-34-21-12-10-18(11-13-21)17-6-8-20(9-7-17)25-28-23(30-35-25)19-4-2-16(3-5-19)14-31-15-22(27)24(32)29-26(31)33/h2-13,15H,14H2,1H3,(H,29,32,33). The summed E-state index contributed by atoms with van der Waals surface area (Å²) in [5, 5.41) is 4.07. The Bertz CT molecular complexity index is 1590. The zero-order chi connectivity index (χ0) is 24.4. The van der Waals surface area contributed by atoms with Crippen LogP contribution >= 0.6 is 0 Å². The third-order valence-electron chi connectivity index (χ3n) is 5.51. The number of nitrogens with zero attached hydrogens (tertiary/aromatic N) is 3. The number of rotatable bonds is 6. The van der Waals surface area contributed by atoms with Crippen LogP contribution in [0.4, 0.5) is 4.39 Å². The Morgan fingerprint density at radius 2 is 1.49 bits per heavy atom. The summed E-state index contributed by atoms with van der Waals surface area (Å²) >= 11 is 0. The van der Waals surface area contributed by atoms with E-state index in [9.17, 15) is 14.0 Å². The molecule has 0 aliphatic carbocycles. The van der Waals surface area contributed by atoms with E-state index < -0.39 is 17.1 Å². The number of hydrogen-bond donors (Lipinski definition) is 1. The Labute approximate surface area is 198 Å². The largest absolute Gasteiger partial charge is 0.497 e. The summed E-state index contributed by atoms with van der Waals surface area (Å²) in [6.07, 6.45) is 0.889. The van der Waals surface area contributed by atoms with Crippen LogP contribution in [0.2, 0.25) is 0 Å². The molecule has 3 aromatic carbocycles. The topological polar surface area (TPSA) is 103 Å². The first kappa shape index (κ1) is 22.0. The van der Waals surface area contributed by atoms with Crippen molar-refractivity contribution >= 4 is 0 Å². The minimum Gasteiger partial charge on any atom is -0.497 e. The first-order valence-corrected chi connectivity index (χ1v) is 10.7. The van der Waals surface area contributed by atoms with Crippen molar-refractivity contribution in [3.8, 4) is 39.7 Å². The van der Waals surface area contributed by atoms with Gasteiger partial charge in [0.05, 0.1) is 19.9 Å². The summed E-state index contributed by atoms with van der Waals surface area (Å²) in [6, 6.07) is 22.7. The minimum atomic E-state index is -1.04. The van der Waals surface area contributed by atoms with E-state index in [2.05, 4.69) is 10.1 Å². The molecule has 5 aromatic rings. The molecule has 35 heavy (non-hydrogen) atoms. The van der Waals surface area contributed by atoms with Gasteiger partial charge in [-0.1, -0.05) is 53.7 Å². The van der Waals surface area contributed by atoms with Crippen LogP contribution in [0.25, 0.3) is 34.0 Å². The number of halogens is 1. The van der Waals surface area contributed by atoms with Gasteiger partial charge >= 0.3 is 5.69 Å². The van der Waals surface area contributed by atoms with E-state index in [1.165, 1.54) is 0 Å². The highest BCUT2D eigenvalue weighted by atomic mass is 19.1. The van der Waals surface area contributed by atoms with Gasteiger partial charge in [-0.15, -0.1) is 0 Å². The number of benzene rings is 3. The lowest BCUT2D eigenvalue weighted by molar-refractivity contribution is 0.415. The van der Waals surface area contributed by atoms with Crippen LogP contribution in [0.5, 0.6) is 5.75 Å². The van der Waals surface area contributed by atoms with Gasteiger partial charge in [0.2, 0.25) is 11.6 Å². The maximum absolute atomic E-state index is 13.5. The van der Waals surface area contributed by atoms with Crippen LogP contribution in [-0.4, -0.2) is 26.8 Å². The van der Waals surface area contributed by atoms with Crippen molar-refractivity contribution in [2.45, 2.75) is 6.54 Å². The lowest BCUT2D eigenvalue weighted by atomic mass is 10.0. The van der Waals surface area contributed by atoms with E-state index in [0.717, 1.165) is 44.3 Å². The number of H-pyrrole nitrogens is 1. The van der Waals surface area contributed by atoms with Gasteiger partial charge in [0.25, 0.3) is 11.4 Å². The van der Waals surface area contributed by atoms with Gasteiger partial charge in [-0.2, -0.15) is 9.37 Å². The van der Waals surface area contributed by atoms with Crippen molar-refractivity contribution in [1.29, 1.82) is 0 Å². The summed E-state index contributed by atoms with van der Waals surface area (Å²) in [4.78, 5) is 29.5. The van der Waals surface area contributed by atoms with Crippen LogP contribution in [0.3, 0.4) is 0 Å². The van der Waals surface area contributed by atoms with Crippen molar-refractivity contribution in [1.82, 2.24) is 19.7 Å². The number of aromatic amines is 1. The smallest absolute Gasteiger partial charge is 0.328 e. The molecule has 5 rings (SSSR count). The Balaban J connectivity index is 1.31. The van der Waals surface area contributed by atoms with E-state index in [4.69, 9.17) is 9.26 Å². The molecule has 0 radical (unpaired) electrons. The molecule has 0 saturated heterocycles. The van der Waals surface area contributed by atoms with Crippen LogP contribution in [0, 0.1) is 5.82 Å². The van der Waals surface area contributed by atoms with Crippen molar-refractivity contribution in [2.24, 2.45) is 0 Å². The van der Waals surface area contributed by atoms with Crippen LogP contribution in [-0.2, 0) is 6.54 Å². The molecule has 0 amide bonds. The predicted octanol–water partition coefficient (Wildman–Crippen LogP) is 4.12. The quantitative estimate of drug-likeness (QED) is 0.401. The maximum atomic E-state index is 13.5. The molecular formula is C26H19FN4O4. The molecule has 1 N–H and O–H groups in total. The fraction of sp³-hybridized carbons (Fsp3) is 0.0769. The lowest BCUT2D eigenvalue weighted by Crippen LogP contribution is -2.31. The van der Waals surface area contributed by atoms with E-state index in [1.54, 1.807) is 31.4 Å². The summed E-state index contributed by atoms with van der Waals surface area (Å²) in [5.41, 5.74) is 2.64. The van der Waals surface area contributed by atoms with Crippen LogP contribution < -0.4 is 16.0 Å². The summed E-state index contributed by atoms with van der Waals surface area (Å²) in [7, 11) is 1.64. The Morgan fingerprint density at radius 3 is 2.14 bits per heavy atom. The zero-order valence-electron chi connectivity index (χ0n) is 18.6. The van der Waals surface area contributed by atoms with Gasteiger partial charge in [-0.25, -0.2) is 4.79 Å². The fourth-order valence-electron chi connectivity index (χ4n) is 3.60. The Morgan fingerprint density at radius 1 is 0.886 bits per heavy atom. The fourth-order valence-corrected chi connectivity index (χ4v) is 3.60. The molecule has 8 nitrogen and oxygen atoms in total. The molecule has 0 aliphatic heterocycles. The van der Waals surface area contributed by atoms with Gasteiger partial charge < -0.3 is 9.26 Å². The molecule has 2 aromatic heterocycles. The average molecular weight is 470 g/mol. The molecule has 174 valence electrons. The SMILES string of the molecule is COc1ccc(-c2ccc(-c3nc(-c4ccc(Cn5cc(F)c(=O)[nH]c5=O)cc4)no3)cc2)cc1. The highest BCUT2D eigenvalue weighted by Gasteiger charge is 2.12. The first-order valence-electron chi connectivity index (χ1n) is 10.7. The number of nitrogens with one attached hydrogen (secondary N) is 1. The molecule has 0 atom stereocenters. The van der Waals surface area contributed by atoms with E-state index in [-0.39, 0.29) is 6.54 Å². The Hall–Kier alpha value is -4.79. The lowest BCUT2D eigenvalue weighted by Gasteiger charge is -2.05. The highest BCUT2D eigenvalue weighted by Crippen LogP contribution is 2.27. The van der Waals surface area contributed by atoms with Gasteiger partial charge in [0.15, 0.2) is 0 Å². The van der Waals surface area contributed by atoms with Crippen LogP contribution in [0.15, 0.2) is 93.1 Å².